The molecule has 1 aliphatic rings. The van der Waals surface area contributed by atoms with Gasteiger partial charge in [0.25, 0.3) is 5.69 Å². The third-order valence-corrected chi connectivity index (χ3v) is 5.23. The predicted molar refractivity (Wildman–Crippen MR) is 119 cm³/mol. The van der Waals surface area contributed by atoms with Crippen molar-refractivity contribution in [3.63, 3.8) is 0 Å². The predicted octanol–water partition coefficient (Wildman–Crippen LogP) is 2.17. The zero-order chi connectivity index (χ0) is 22.2. The number of piperazine rings is 1. The summed E-state index contributed by atoms with van der Waals surface area (Å²) in [6.45, 7) is 6.70. The highest BCUT2D eigenvalue weighted by Crippen LogP contribution is 2.25. The molecule has 0 aromatic heterocycles. The molecule has 1 fully saturated rings. The summed E-state index contributed by atoms with van der Waals surface area (Å²) >= 11 is 0. The Kier molecular flexibility index (Phi) is 7.55. The van der Waals surface area contributed by atoms with Crippen LogP contribution in [0.4, 0.5) is 17.1 Å². The lowest BCUT2D eigenvalue weighted by Crippen LogP contribution is -2.47. The first kappa shape index (κ1) is 22.2. The van der Waals surface area contributed by atoms with Crippen LogP contribution in [0.1, 0.15) is 12.0 Å². The van der Waals surface area contributed by atoms with Gasteiger partial charge in [-0.15, -0.1) is 0 Å². The van der Waals surface area contributed by atoms with Gasteiger partial charge in [0.05, 0.1) is 4.92 Å². The molecule has 2 amide bonds. The molecule has 0 atom stereocenters. The Balaban J connectivity index is 1.37. The lowest BCUT2D eigenvalue weighted by Gasteiger charge is -2.36. The van der Waals surface area contributed by atoms with E-state index < -0.39 is 16.7 Å². The number of nitrogens with zero attached hydrogens (tertiary/aromatic N) is 3. The maximum absolute atomic E-state index is 12.1. The molecule has 0 unspecified atom stereocenters. The van der Waals surface area contributed by atoms with Crippen molar-refractivity contribution in [2.45, 2.75) is 13.3 Å². The second-order valence-electron chi connectivity index (χ2n) is 7.51. The van der Waals surface area contributed by atoms with Crippen molar-refractivity contribution in [2.75, 3.05) is 49.5 Å². The molecule has 3 rings (SSSR count). The second kappa shape index (κ2) is 10.5. The van der Waals surface area contributed by atoms with Crippen LogP contribution in [-0.2, 0) is 9.59 Å². The Morgan fingerprint density at radius 1 is 1.03 bits per heavy atom. The van der Waals surface area contributed by atoms with Crippen molar-refractivity contribution < 1.29 is 14.5 Å². The highest BCUT2D eigenvalue weighted by Gasteiger charge is 2.20. The van der Waals surface area contributed by atoms with E-state index in [0.29, 0.717) is 12.1 Å². The fourth-order valence-electron chi connectivity index (χ4n) is 3.53. The molecular weight excluding hydrogens is 398 g/mol. The summed E-state index contributed by atoms with van der Waals surface area (Å²) in [4.78, 5) is 39.3. The largest absolute Gasteiger partial charge is 0.369 e. The molecular formula is C22H27N5O4. The van der Waals surface area contributed by atoms with E-state index >= 15 is 0 Å². The number of hydrogen-bond donors (Lipinski definition) is 2. The number of carbonyl (C=O) groups excluding carboxylic acids is 2. The Labute approximate surface area is 181 Å². The van der Waals surface area contributed by atoms with Crippen LogP contribution in [-0.4, -0.2) is 60.9 Å². The van der Waals surface area contributed by atoms with Gasteiger partial charge in [-0.25, -0.2) is 0 Å². The van der Waals surface area contributed by atoms with E-state index in [4.69, 9.17) is 0 Å². The summed E-state index contributed by atoms with van der Waals surface area (Å²) in [6.07, 6.45) is 0.717. The van der Waals surface area contributed by atoms with Crippen LogP contribution < -0.4 is 15.5 Å². The summed E-state index contributed by atoms with van der Waals surface area (Å²) in [7, 11) is 0. The number of nitrogens with one attached hydrogen (secondary N) is 2. The molecule has 0 bridgehead atoms. The summed E-state index contributed by atoms with van der Waals surface area (Å²) in [5.74, 6) is -1.72. The van der Waals surface area contributed by atoms with Crippen LogP contribution >= 0.6 is 0 Å². The normalized spacial score (nSPS) is 14.2. The lowest BCUT2D eigenvalue weighted by molar-refractivity contribution is -0.384. The topological polar surface area (TPSA) is 108 Å². The molecule has 164 valence electrons. The Bertz CT molecular complexity index is 927. The molecule has 9 heteroatoms. The highest BCUT2D eigenvalue weighted by molar-refractivity contribution is 6.39. The van der Waals surface area contributed by atoms with Crippen LogP contribution in [0.15, 0.2) is 48.5 Å². The van der Waals surface area contributed by atoms with Crippen LogP contribution in [0.2, 0.25) is 0 Å². The van der Waals surface area contributed by atoms with Gasteiger partial charge in [0.15, 0.2) is 0 Å². The first-order valence-electron chi connectivity index (χ1n) is 10.3. The van der Waals surface area contributed by atoms with Gasteiger partial charge in [-0.05, 0) is 43.7 Å². The van der Waals surface area contributed by atoms with Crippen molar-refractivity contribution >= 4 is 28.9 Å². The molecule has 0 saturated carbocycles. The Morgan fingerprint density at radius 2 is 1.74 bits per heavy atom. The molecule has 2 aromatic carbocycles. The van der Waals surface area contributed by atoms with Crippen molar-refractivity contribution in [2.24, 2.45) is 0 Å². The number of carbonyl (C=O) groups is 2. The number of nitro benzene ring substituents is 1. The number of aryl methyl sites for hydroxylation is 1. The van der Waals surface area contributed by atoms with Crippen molar-refractivity contribution in [3.05, 3.63) is 64.2 Å². The summed E-state index contributed by atoms with van der Waals surface area (Å²) in [6, 6.07) is 14.7. The number of benzene rings is 2. The second-order valence-corrected chi connectivity index (χ2v) is 7.51. The maximum atomic E-state index is 12.1. The molecule has 31 heavy (non-hydrogen) atoms. The number of rotatable bonds is 7. The van der Waals surface area contributed by atoms with Gasteiger partial charge < -0.3 is 15.5 Å². The van der Waals surface area contributed by atoms with Gasteiger partial charge in [0.1, 0.15) is 5.69 Å². The van der Waals surface area contributed by atoms with Gasteiger partial charge in [0, 0.05) is 44.5 Å². The number of para-hydroxylation sites is 1. The van der Waals surface area contributed by atoms with E-state index in [1.54, 1.807) is 13.0 Å². The SMILES string of the molecule is Cc1ccc(NC(=O)C(=O)NCCCN2CCN(c3ccccc3)CC2)c([N+](=O)[O-])c1. The zero-order valence-electron chi connectivity index (χ0n) is 17.5. The summed E-state index contributed by atoms with van der Waals surface area (Å²) in [5.41, 5.74) is 1.69. The summed E-state index contributed by atoms with van der Waals surface area (Å²) in [5, 5.41) is 16.0. The molecule has 1 saturated heterocycles. The monoisotopic (exact) mass is 425 g/mol. The average molecular weight is 425 g/mol. The van der Waals surface area contributed by atoms with Gasteiger partial charge in [-0.2, -0.15) is 0 Å². The van der Waals surface area contributed by atoms with Crippen molar-refractivity contribution in [3.8, 4) is 0 Å². The first-order chi connectivity index (χ1) is 14.9. The standard InChI is InChI=1S/C22H27N5O4/c1-17-8-9-19(20(16-17)27(30)31)24-22(29)21(28)23-10-5-11-25-12-14-26(15-13-25)18-6-3-2-4-7-18/h2-4,6-9,16H,5,10-15H2,1H3,(H,23,28)(H,24,29). The molecule has 0 spiro atoms. The quantitative estimate of drug-likeness (QED) is 0.305. The third-order valence-electron chi connectivity index (χ3n) is 5.23. The van der Waals surface area contributed by atoms with E-state index in [9.17, 15) is 19.7 Å². The molecule has 1 heterocycles. The molecule has 2 aromatic rings. The van der Waals surface area contributed by atoms with E-state index in [1.807, 2.05) is 18.2 Å². The molecule has 9 nitrogen and oxygen atoms in total. The lowest BCUT2D eigenvalue weighted by atomic mass is 10.2. The third kappa shape index (κ3) is 6.26. The van der Waals surface area contributed by atoms with E-state index in [-0.39, 0.29) is 11.4 Å². The van der Waals surface area contributed by atoms with E-state index in [2.05, 4.69) is 32.6 Å². The Morgan fingerprint density at radius 3 is 2.42 bits per heavy atom. The van der Waals surface area contributed by atoms with E-state index in [1.165, 1.54) is 17.8 Å². The summed E-state index contributed by atoms with van der Waals surface area (Å²) < 4.78 is 0. The van der Waals surface area contributed by atoms with Crippen LogP contribution in [0, 0.1) is 17.0 Å². The van der Waals surface area contributed by atoms with Gasteiger partial charge in [0.2, 0.25) is 0 Å². The fraction of sp³-hybridized carbons (Fsp3) is 0.364. The number of nitro groups is 1. The van der Waals surface area contributed by atoms with Crippen LogP contribution in [0.5, 0.6) is 0 Å². The van der Waals surface area contributed by atoms with Crippen LogP contribution in [0.25, 0.3) is 0 Å². The maximum Gasteiger partial charge on any atom is 0.313 e. The minimum atomic E-state index is -0.913. The minimum absolute atomic E-state index is 0.00652. The molecule has 1 aliphatic heterocycles. The Hall–Kier alpha value is -3.46. The van der Waals surface area contributed by atoms with Gasteiger partial charge in [-0.3, -0.25) is 24.6 Å². The van der Waals surface area contributed by atoms with E-state index in [0.717, 1.165) is 39.1 Å². The number of anilines is 2. The molecule has 0 radical (unpaired) electrons. The molecule has 0 aliphatic carbocycles. The zero-order valence-corrected chi connectivity index (χ0v) is 17.5. The number of amides is 2. The highest BCUT2D eigenvalue weighted by atomic mass is 16.6. The average Bonchev–Trinajstić information content (AvgIpc) is 2.78. The van der Waals surface area contributed by atoms with Gasteiger partial charge in [-0.1, -0.05) is 24.3 Å². The fourth-order valence-corrected chi connectivity index (χ4v) is 3.53. The van der Waals surface area contributed by atoms with Gasteiger partial charge >= 0.3 is 11.8 Å². The minimum Gasteiger partial charge on any atom is -0.369 e. The molecule has 2 N–H and O–H groups in total. The van der Waals surface area contributed by atoms with Crippen LogP contribution in [0.3, 0.4) is 0 Å². The smallest absolute Gasteiger partial charge is 0.313 e. The first-order valence-corrected chi connectivity index (χ1v) is 10.3. The number of hydrogen-bond acceptors (Lipinski definition) is 6. The van der Waals surface area contributed by atoms with Crippen molar-refractivity contribution in [1.82, 2.24) is 10.2 Å². The van der Waals surface area contributed by atoms with Crippen molar-refractivity contribution in [1.29, 1.82) is 0 Å².